The summed E-state index contributed by atoms with van der Waals surface area (Å²) in [6, 6.07) is 10.1. The van der Waals surface area contributed by atoms with Crippen molar-refractivity contribution in [2.45, 2.75) is 32.5 Å². The molecule has 0 saturated carbocycles. The number of nitrogens with one attached hydrogen (secondary N) is 1. The van der Waals surface area contributed by atoms with Crippen LogP contribution >= 0.6 is 0 Å². The van der Waals surface area contributed by atoms with Crippen LogP contribution < -0.4 is 10.2 Å². The molecule has 8 heteroatoms. The van der Waals surface area contributed by atoms with Gasteiger partial charge in [-0.15, -0.1) is 0 Å². The molecule has 1 fully saturated rings. The monoisotopic (exact) mass is 369 g/mol. The molecule has 0 spiro atoms. The molecule has 1 aromatic heterocycles. The first-order valence-corrected chi connectivity index (χ1v) is 9.22. The van der Waals surface area contributed by atoms with Gasteiger partial charge in [0.25, 0.3) is 0 Å². The molecule has 2 amide bonds. The van der Waals surface area contributed by atoms with Gasteiger partial charge in [-0.25, -0.2) is 4.79 Å². The van der Waals surface area contributed by atoms with Crippen molar-refractivity contribution in [2.75, 3.05) is 24.5 Å². The van der Waals surface area contributed by atoms with Gasteiger partial charge in [-0.3, -0.25) is 19.3 Å². The van der Waals surface area contributed by atoms with E-state index in [4.69, 9.17) is 5.11 Å². The Morgan fingerprint density at radius 1 is 1.19 bits per heavy atom. The number of hydrogen-bond acceptors (Lipinski definition) is 4. The number of carbonyl (C=O) groups excluding carboxylic acids is 1. The molecule has 2 N–H and O–H groups in total. The van der Waals surface area contributed by atoms with Gasteiger partial charge in [-0.2, -0.15) is 5.10 Å². The summed E-state index contributed by atoms with van der Waals surface area (Å²) in [7, 11) is 0. The average Bonchev–Trinajstić information content (AvgIpc) is 3.26. The van der Waals surface area contributed by atoms with E-state index < -0.39 is 5.97 Å². The van der Waals surface area contributed by atoms with Gasteiger partial charge in [0.15, 0.2) is 0 Å². The van der Waals surface area contributed by atoms with Crippen LogP contribution in [0.15, 0.2) is 30.3 Å². The van der Waals surface area contributed by atoms with Crippen molar-refractivity contribution in [1.82, 2.24) is 20.0 Å². The molecule has 0 atom stereocenters. The van der Waals surface area contributed by atoms with Crippen LogP contribution in [-0.4, -0.2) is 51.4 Å². The highest BCUT2D eigenvalue weighted by molar-refractivity contribution is 5.93. The summed E-state index contributed by atoms with van der Waals surface area (Å²) in [5.74, 6) is -0.794. The maximum atomic E-state index is 11.7. The largest absolute Gasteiger partial charge is 0.481 e. The highest BCUT2D eigenvalue weighted by Crippen LogP contribution is 2.20. The number of anilines is 1. The molecular formula is C19H23N5O3. The molecule has 0 aliphatic carbocycles. The summed E-state index contributed by atoms with van der Waals surface area (Å²) in [5.41, 5.74) is 4.11. The lowest BCUT2D eigenvalue weighted by Crippen LogP contribution is -2.33. The lowest BCUT2D eigenvalue weighted by Gasteiger charge is -2.27. The van der Waals surface area contributed by atoms with Gasteiger partial charge in [0.1, 0.15) is 0 Å². The summed E-state index contributed by atoms with van der Waals surface area (Å²) in [5, 5.41) is 16.1. The lowest BCUT2D eigenvalue weighted by molar-refractivity contribution is -0.136. The van der Waals surface area contributed by atoms with Gasteiger partial charge in [-0.1, -0.05) is 12.1 Å². The Bertz CT molecular complexity index is 846. The molecule has 2 aliphatic heterocycles. The third-order valence-electron chi connectivity index (χ3n) is 5.03. The van der Waals surface area contributed by atoms with E-state index >= 15 is 0 Å². The minimum absolute atomic E-state index is 0.0363. The van der Waals surface area contributed by atoms with Crippen molar-refractivity contribution in [3.8, 4) is 0 Å². The second-order valence-corrected chi connectivity index (χ2v) is 7.00. The third-order valence-corrected chi connectivity index (χ3v) is 5.03. The fourth-order valence-electron chi connectivity index (χ4n) is 3.63. The number of benzene rings is 1. The number of urea groups is 1. The first-order chi connectivity index (χ1) is 13.1. The number of fused-ring (bicyclic) bond motifs is 1. The quantitative estimate of drug-likeness (QED) is 0.804. The summed E-state index contributed by atoms with van der Waals surface area (Å²) in [6.45, 7) is 4.76. The molecule has 1 saturated heterocycles. The van der Waals surface area contributed by atoms with Crippen molar-refractivity contribution in [3.05, 3.63) is 47.3 Å². The van der Waals surface area contributed by atoms with Crippen molar-refractivity contribution >= 4 is 17.7 Å². The van der Waals surface area contributed by atoms with Gasteiger partial charge in [0.2, 0.25) is 0 Å². The number of carboxylic acids is 1. The van der Waals surface area contributed by atoms with Crippen LogP contribution in [0.4, 0.5) is 10.5 Å². The number of aromatic nitrogens is 2. The average molecular weight is 369 g/mol. The maximum absolute atomic E-state index is 11.7. The molecule has 2 aromatic rings. The van der Waals surface area contributed by atoms with Crippen LogP contribution in [0, 0.1) is 0 Å². The van der Waals surface area contributed by atoms with Gasteiger partial charge in [0.05, 0.1) is 24.4 Å². The molecule has 1 aromatic carbocycles. The number of carbonyl (C=O) groups is 2. The van der Waals surface area contributed by atoms with Crippen molar-refractivity contribution < 1.29 is 14.7 Å². The molecule has 142 valence electrons. The first-order valence-electron chi connectivity index (χ1n) is 9.22. The summed E-state index contributed by atoms with van der Waals surface area (Å²) in [4.78, 5) is 26.6. The van der Waals surface area contributed by atoms with Crippen molar-refractivity contribution in [3.63, 3.8) is 0 Å². The number of hydrogen-bond donors (Lipinski definition) is 2. The van der Waals surface area contributed by atoms with E-state index in [1.165, 1.54) is 5.56 Å². The van der Waals surface area contributed by atoms with E-state index in [0.29, 0.717) is 19.5 Å². The highest BCUT2D eigenvalue weighted by Gasteiger charge is 2.22. The normalized spacial score (nSPS) is 17.0. The number of aryl methyl sites for hydroxylation is 1. The highest BCUT2D eigenvalue weighted by atomic mass is 16.4. The maximum Gasteiger partial charge on any atom is 0.321 e. The topological polar surface area (TPSA) is 90.7 Å². The molecule has 8 nitrogen and oxygen atoms in total. The predicted octanol–water partition coefficient (Wildman–Crippen LogP) is 1.45. The Morgan fingerprint density at radius 2 is 2.00 bits per heavy atom. The van der Waals surface area contributed by atoms with Gasteiger partial charge >= 0.3 is 12.0 Å². The Balaban J connectivity index is 1.37. The van der Waals surface area contributed by atoms with E-state index in [2.05, 4.69) is 27.4 Å². The Hall–Kier alpha value is -2.87. The Morgan fingerprint density at radius 3 is 2.70 bits per heavy atom. The molecule has 4 rings (SSSR count). The zero-order valence-corrected chi connectivity index (χ0v) is 15.1. The minimum atomic E-state index is -0.794. The third kappa shape index (κ3) is 3.95. The van der Waals surface area contributed by atoms with E-state index in [1.807, 2.05) is 22.9 Å². The van der Waals surface area contributed by atoms with Crippen LogP contribution in [0.1, 0.15) is 23.4 Å². The van der Waals surface area contributed by atoms with E-state index in [9.17, 15) is 9.59 Å². The van der Waals surface area contributed by atoms with Crippen LogP contribution in [0.3, 0.4) is 0 Å². The zero-order chi connectivity index (χ0) is 18.8. The van der Waals surface area contributed by atoms with Gasteiger partial charge in [0, 0.05) is 44.8 Å². The van der Waals surface area contributed by atoms with E-state index in [-0.39, 0.29) is 12.5 Å². The van der Waals surface area contributed by atoms with E-state index in [1.54, 1.807) is 4.90 Å². The first kappa shape index (κ1) is 17.5. The summed E-state index contributed by atoms with van der Waals surface area (Å²) < 4.78 is 1.99. The molecule has 0 unspecified atom stereocenters. The summed E-state index contributed by atoms with van der Waals surface area (Å²) >= 11 is 0. The number of rotatable bonds is 6. The fraction of sp³-hybridized carbons (Fsp3) is 0.421. The molecule has 0 bridgehead atoms. The molecule has 0 radical (unpaired) electrons. The van der Waals surface area contributed by atoms with Crippen LogP contribution in [-0.2, 0) is 30.8 Å². The second kappa shape index (κ2) is 7.40. The summed E-state index contributed by atoms with van der Waals surface area (Å²) in [6.07, 6.45) is 0.586. The van der Waals surface area contributed by atoms with Crippen LogP contribution in [0.5, 0.6) is 0 Å². The molecule has 3 heterocycles. The van der Waals surface area contributed by atoms with Crippen LogP contribution in [0.2, 0.25) is 0 Å². The number of nitrogens with zero attached hydrogens (tertiary/aromatic N) is 4. The molecule has 2 aliphatic rings. The second-order valence-electron chi connectivity index (χ2n) is 7.00. The smallest absolute Gasteiger partial charge is 0.321 e. The Kier molecular flexibility index (Phi) is 4.81. The SMILES string of the molecule is O=C(O)CCc1cc2n(n1)CCN(Cc1ccc(N3CCNC3=O)cc1)C2. The zero-order valence-electron chi connectivity index (χ0n) is 15.1. The lowest BCUT2D eigenvalue weighted by atomic mass is 10.1. The number of aliphatic carboxylic acids is 1. The Labute approximate surface area is 157 Å². The fourth-order valence-corrected chi connectivity index (χ4v) is 3.63. The van der Waals surface area contributed by atoms with Gasteiger partial charge < -0.3 is 10.4 Å². The molecule has 27 heavy (non-hydrogen) atoms. The standard InChI is InChI=1S/C19H23N5O3/c25-18(26)6-3-15-11-17-13-22(9-10-24(17)21-15)12-14-1-4-16(5-2-14)23-8-7-20-19(23)27/h1-2,4-5,11H,3,6-10,12-13H2,(H,20,27)(H,25,26). The van der Waals surface area contributed by atoms with Crippen LogP contribution in [0.25, 0.3) is 0 Å². The van der Waals surface area contributed by atoms with Crippen molar-refractivity contribution in [1.29, 1.82) is 0 Å². The van der Waals surface area contributed by atoms with Crippen molar-refractivity contribution in [2.24, 2.45) is 0 Å². The number of amides is 2. The number of carboxylic acid groups (broad SMARTS) is 1. The molecular weight excluding hydrogens is 346 g/mol. The van der Waals surface area contributed by atoms with E-state index in [0.717, 1.165) is 43.3 Å². The predicted molar refractivity (Wildman–Crippen MR) is 99.5 cm³/mol. The van der Waals surface area contributed by atoms with Gasteiger partial charge in [-0.05, 0) is 23.8 Å². The minimum Gasteiger partial charge on any atom is -0.481 e.